The molecular weight excluding hydrogens is 232 g/mol. The number of likely N-dealkylation sites (N-methyl/N-ethyl adjacent to an activating group) is 1. The molecule has 2 aliphatic heterocycles. The second-order valence-corrected chi connectivity index (χ2v) is 4.40. The summed E-state index contributed by atoms with van der Waals surface area (Å²) in [5.74, 6) is 0.0528. The van der Waals surface area contributed by atoms with Crippen molar-refractivity contribution in [3.8, 4) is 0 Å². The molecule has 2 saturated heterocycles. The number of nitrogens with one attached hydrogen (secondary N) is 1. The van der Waals surface area contributed by atoms with Crippen LogP contribution in [0.5, 0.6) is 0 Å². The van der Waals surface area contributed by atoms with E-state index in [0.29, 0.717) is 13.0 Å². The van der Waals surface area contributed by atoms with Gasteiger partial charge in [-0.1, -0.05) is 13.8 Å². The second-order valence-electron chi connectivity index (χ2n) is 4.40. The quantitative estimate of drug-likeness (QED) is 0.808. The fraction of sp³-hybridized carbons (Fsp3) is 0.846. The summed E-state index contributed by atoms with van der Waals surface area (Å²) in [7, 11) is 1.77. The van der Waals surface area contributed by atoms with Gasteiger partial charge < -0.3 is 15.0 Å². The van der Waals surface area contributed by atoms with Gasteiger partial charge in [0, 0.05) is 1.43 Å². The highest BCUT2D eigenvalue weighted by atomic mass is 16.5. The van der Waals surface area contributed by atoms with E-state index in [1.54, 1.807) is 18.9 Å². The Hall–Kier alpha value is -0.940. The van der Waals surface area contributed by atoms with Crippen molar-refractivity contribution in [1.82, 2.24) is 10.2 Å². The Bertz CT molecular complexity index is 312. The average Bonchev–Trinajstić information content (AvgIpc) is 2.41. The number of amides is 1. The molecule has 0 aromatic carbocycles. The van der Waals surface area contributed by atoms with Crippen LogP contribution in [-0.4, -0.2) is 48.6 Å². The lowest BCUT2D eigenvalue weighted by molar-refractivity contribution is -0.178. The van der Waals surface area contributed by atoms with Crippen LogP contribution in [0.25, 0.3) is 0 Å². The summed E-state index contributed by atoms with van der Waals surface area (Å²) >= 11 is 0. The first kappa shape index (κ1) is 15.1. The third-order valence-corrected chi connectivity index (χ3v) is 3.42. The van der Waals surface area contributed by atoms with Crippen molar-refractivity contribution in [2.45, 2.75) is 58.3 Å². The van der Waals surface area contributed by atoms with Gasteiger partial charge in [-0.25, -0.2) is 0 Å². The molecule has 2 aliphatic rings. The lowest BCUT2D eigenvalue weighted by Gasteiger charge is -2.45. The lowest BCUT2D eigenvalue weighted by Crippen LogP contribution is -2.62. The van der Waals surface area contributed by atoms with Gasteiger partial charge in [0.1, 0.15) is 6.23 Å². The normalized spacial score (nSPS) is 31.2. The minimum atomic E-state index is -0.289. The van der Waals surface area contributed by atoms with Gasteiger partial charge in [0.05, 0.1) is 18.7 Å². The third-order valence-electron chi connectivity index (χ3n) is 3.42. The second kappa shape index (κ2) is 6.85. The minimum absolute atomic E-state index is 0. The first-order chi connectivity index (χ1) is 8.65. The van der Waals surface area contributed by atoms with E-state index in [1.165, 1.54) is 0 Å². The van der Waals surface area contributed by atoms with Crippen LogP contribution >= 0.6 is 0 Å². The zero-order chi connectivity index (χ0) is 13.7. The Morgan fingerprint density at radius 3 is 2.61 bits per heavy atom. The molecule has 3 unspecified atom stereocenters. The standard InChI is InChI=1S/C11H18N2O3.C2H6.H2/c1-7(14)9-5-6-16-10-4-3-8(12-2)11(15)13(9)10;1-2;/h8-10,12H,3-6H2,1-2H3;1-2H3;1H. The van der Waals surface area contributed by atoms with Crippen molar-refractivity contribution in [2.24, 2.45) is 0 Å². The lowest BCUT2D eigenvalue weighted by atomic mass is 9.97. The average molecular weight is 258 g/mol. The predicted molar refractivity (Wildman–Crippen MR) is 71.2 cm³/mol. The van der Waals surface area contributed by atoms with E-state index in [9.17, 15) is 9.59 Å². The maximum atomic E-state index is 12.1. The van der Waals surface area contributed by atoms with E-state index in [1.807, 2.05) is 13.8 Å². The van der Waals surface area contributed by atoms with Crippen LogP contribution in [-0.2, 0) is 14.3 Å². The molecule has 2 fully saturated rings. The van der Waals surface area contributed by atoms with Crippen molar-refractivity contribution in [3.05, 3.63) is 0 Å². The summed E-state index contributed by atoms with van der Waals surface area (Å²) in [5, 5.41) is 2.99. The van der Waals surface area contributed by atoms with E-state index < -0.39 is 0 Å². The minimum Gasteiger partial charge on any atom is -0.358 e. The van der Waals surface area contributed by atoms with Crippen LogP contribution in [0.1, 0.15) is 41.5 Å². The molecule has 0 radical (unpaired) electrons. The van der Waals surface area contributed by atoms with E-state index in [2.05, 4.69) is 5.32 Å². The summed E-state index contributed by atoms with van der Waals surface area (Å²) in [6.07, 6.45) is 2.01. The Morgan fingerprint density at radius 1 is 1.39 bits per heavy atom. The van der Waals surface area contributed by atoms with Crippen LogP contribution in [0.15, 0.2) is 0 Å². The molecule has 106 valence electrons. The summed E-state index contributed by atoms with van der Waals surface area (Å²) in [4.78, 5) is 25.3. The number of hydrogen-bond donors (Lipinski definition) is 1. The summed E-state index contributed by atoms with van der Waals surface area (Å²) in [5.41, 5.74) is 0. The molecule has 2 heterocycles. The number of carbonyl (C=O) groups is 2. The molecule has 0 bridgehead atoms. The van der Waals surface area contributed by atoms with Crippen molar-refractivity contribution in [3.63, 3.8) is 0 Å². The molecule has 1 N–H and O–H groups in total. The number of rotatable bonds is 2. The maximum absolute atomic E-state index is 12.1. The van der Waals surface area contributed by atoms with Crippen LogP contribution in [0, 0.1) is 0 Å². The van der Waals surface area contributed by atoms with Gasteiger partial charge >= 0.3 is 0 Å². The molecule has 0 aromatic heterocycles. The third kappa shape index (κ3) is 2.90. The number of Topliss-reactive ketones (excluding diaryl/α,β-unsaturated/α-hetero) is 1. The van der Waals surface area contributed by atoms with E-state index in [0.717, 1.165) is 12.8 Å². The van der Waals surface area contributed by atoms with Crippen LogP contribution < -0.4 is 5.32 Å². The molecular formula is C13H26N2O3. The highest BCUT2D eigenvalue weighted by Crippen LogP contribution is 2.27. The van der Waals surface area contributed by atoms with Gasteiger partial charge in [0.15, 0.2) is 5.78 Å². The highest BCUT2D eigenvalue weighted by Gasteiger charge is 2.42. The van der Waals surface area contributed by atoms with Gasteiger partial charge in [0.25, 0.3) is 0 Å². The number of ether oxygens (including phenoxy) is 1. The maximum Gasteiger partial charge on any atom is 0.242 e. The predicted octanol–water partition coefficient (Wildman–Crippen LogP) is 1.17. The summed E-state index contributed by atoms with van der Waals surface area (Å²) < 4.78 is 5.55. The number of ketones is 1. The van der Waals surface area contributed by atoms with Crippen molar-refractivity contribution in [1.29, 1.82) is 0 Å². The number of piperidine rings is 1. The highest BCUT2D eigenvalue weighted by molar-refractivity contribution is 5.90. The molecule has 0 spiro atoms. The van der Waals surface area contributed by atoms with Gasteiger partial charge in [-0.05, 0) is 33.2 Å². The Balaban J connectivity index is 0.00000103. The zero-order valence-electron chi connectivity index (χ0n) is 11.7. The first-order valence-electron chi connectivity index (χ1n) is 6.76. The number of carbonyl (C=O) groups excluding carboxylic acids is 2. The van der Waals surface area contributed by atoms with Crippen LogP contribution in [0.4, 0.5) is 0 Å². The SMILES string of the molecule is CC.CNC1CCC2OCCC(C(C)=O)N2C1=O.[HH]. The monoisotopic (exact) mass is 258 g/mol. The molecule has 1 amide bonds. The zero-order valence-corrected chi connectivity index (χ0v) is 11.7. The van der Waals surface area contributed by atoms with E-state index in [-0.39, 0.29) is 31.4 Å². The van der Waals surface area contributed by atoms with Gasteiger partial charge in [0.2, 0.25) is 5.91 Å². The van der Waals surface area contributed by atoms with Gasteiger partial charge in [-0.15, -0.1) is 0 Å². The fourth-order valence-electron chi connectivity index (χ4n) is 2.53. The largest absolute Gasteiger partial charge is 0.358 e. The van der Waals surface area contributed by atoms with Crippen molar-refractivity contribution >= 4 is 11.7 Å². The number of hydrogen-bond acceptors (Lipinski definition) is 4. The molecule has 0 saturated carbocycles. The molecule has 0 aromatic rings. The Kier molecular flexibility index (Phi) is 5.75. The van der Waals surface area contributed by atoms with Gasteiger partial charge in [-0.3, -0.25) is 9.59 Å². The summed E-state index contributed by atoms with van der Waals surface area (Å²) in [6, 6.07) is -0.456. The topological polar surface area (TPSA) is 58.6 Å². The molecule has 2 rings (SSSR count). The van der Waals surface area contributed by atoms with Crippen LogP contribution in [0.3, 0.4) is 0 Å². The number of fused-ring (bicyclic) bond motifs is 1. The molecule has 5 nitrogen and oxygen atoms in total. The molecule has 3 atom stereocenters. The van der Waals surface area contributed by atoms with Crippen molar-refractivity contribution in [2.75, 3.05) is 13.7 Å². The smallest absolute Gasteiger partial charge is 0.242 e. The van der Waals surface area contributed by atoms with E-state index >= 15 is 0 Å². The Morgan fingerprint density at radius 2 is 2.06 bits per heavy atom. The fourth-order valence-corrected chi connectivity index (χ4v) is 2.53. The van der Waals surface area contributed by atoms with E-state index in [4.69, 9.17) is 4.74 Å². The van der Waals surface area contributed by atoms with Crippen LogP contribution in [0.2, 0.25) is 0 Å². The molecule has 18 heavy (non-hydrogen) atoms. The first-order valence-corrected chi connectivity index (χ1v) is 6.76. The Labute approximate surface area is 110 Å². The van der Waals surface area contributed by atoms with Gasteiger partial charge in [-0.2, -0.15) is 0 Å². The molecule has 0 aliphatic carbocycles. The number of nitrogens with zero attached hydrogens (tertiary/aromatic N) is 1. The molecule has 5 heteroatoms. The van der Waals surface area contributed by atoms with Crippen molar-refractivity contribution < 1.29 is 15.8 Å². The summed E-state index contributed by atoms with van der Waals surface area (Å²) in [6.45, 7) is 6.12.